The molecule has 6 heteroatoms. The number of ether oxygens (including phenoxy) is 1. The number of aliphatic hydroxyl groups excluding tert-OH is 1. The first-order valence-corrected chi connectivity index (χ1v) is 5.24. The lowest BCUT2D eigenvalue weighted by molar-refractivity contribution is -0.0427. The van der Waals surface area contributed by atoms with E-state index < -0.39 is 35.8 Å². The van der Waals surface area contributed by atoms with Crippen molar-refractivity contribution in [3.05, 3.63) is 35.1 Å². The highest BCUT2D eigenvalue weighted by Crippen LogP contribution is 2.23. The Kier molecular flexibility index (Phi) is 4.70. The molecule has 0 aliphatic heterocycles. The van der Waals surface area contributed by atoms with Crippen LogP contribution in [0.1, 0.15) is 25.5 Å². The van der Waals surface area contributed by atoms with E-state index in [2.05, 4.69) is 0 Å². The number of hydrogen-bond donors (Lipinski definition) is 1. The first-order chi connectivity index (χ1) is 8.36. The Balaban J connectivity index is 3.00. The normalized spacial score (nSPS) is 15.8. The molecule has 3 nitrogen and oxygen atoms in total. The summed E-state index contributed by atoms with van der Waals surface area (Å²) in [5.74, 6) is -4.38. The molecule has 0 amide bonds. The van der Waals surface area contributed by atoms with Crippen LogP contribution in [0.4, 0.5) is 13.2 Å². The fourth-order valence-electron chi connectivity index (χ4n) is 1.24. The molecule has 0 fully saturated rings. The molecule has 0 aliphatic carbocycles. The summed E-state index contributed by atoms with van der Waals surface area (Å²) in [6, 6.07) is 3.08. The van der Waals surface area contributed by atoms with Gasteiger partial charge >= 0.3 is 0 Å². The number of nitriles is 1. The Morgan fingerprint density at radius 1 is 1.22 bits per heavy atom. The maximum absolute atomic E-state index is 13.0. The van der Waals surface area contributed by atoms with E-state index >= 15 is 0 Å². The third-order valence-corrected chi connectivity index (χ3v) is 2.46. The van der Waals surface area contributed by atoms with Gasteiger partial charge in [-0.3, -0.25) is 0 Å². The van der Waals surface area contributed by atoms with Crippen LogP contribution in [0.3, 0.4) is 0 Å². The summed E-state index contributed by atoms with van der Waals surface area (Å²) in [5.41, 5.74) is -0.138. The zero-order chi connectivity index (χ0) is 13.9. The molecule has 1 N–H and O–H groups in total. The Morgan fingerprint density at radius 3 is 2.11 bits per heavy atom. The van der Waals surface area contributed by atoms with Crippen molar-refractivity contribution in [3.63, 3.8) is 0 Å². The van der Waals surface area contributed by atoms with Gasteiger partial charge in [0.15, 0.2) is 23.6 Å². The van der Waals surface area contributed by atoms with Crippen molar-refractivity contribution in [2.24, 2.45) is 0 Å². The molecular formula is C12H12F3NO2. The van der Waals surface area contributed by atoms with E-state index in [-0.39, 0.29) is 5.56 Å². The molecule has 0 saturated carbocycles. The van der Waals surface area contributed by atoms with Crippen molar-refractivity contribution < 1.29 is 23.0 Å². The number of rotatable bonds is 4. The zero-order valence-electron chi connectivity index (χ0n) is 9.82. The molecular weight excluding hydrogens is 247 g/mol. The molecule has 1 aromatic carbocycles. The summed E-state index contributed by atoms with van der Waals surface area (Å²) in [6.45, 7) is 2.95. The minimum absolute atomic E-state index is 0.138. The van der Waals surface area contributed by atoms with E-state index in [1.54, 1.807) is 6.07 Å². The Morgan fingerprint density at radius 2 is 1.72 bits per heavy atom. The Bertz CT molecular complexity index is 448. The van der Waals surface area contributed by atoms with Gasteiger partial charge in [0.1, 0.15) is 0 Å². The summed E-state index contributed by atoms with van der Waals surface area (Å²) in [4.78, 5) is 0. The molecule has 0 saturated heterocycles. The van der Waals surface area contributed by atoms with E-state index in [4.69, 9.17) is 10.00 Å². The third kappa shape index (κ3) is 3.22. The fraction of sp³-hybridized carbons (Fsp3) is 0.417. The molecule has 0 radical (unpaired) electrons. The van der Waals surface area contributed by atoms with Crippen LogP contribution < -0.4 is 0 Å². The topological polar surface area (TPSA) is 53.2 Å². The van der Waals surface area contributed by atoms with Gasteiger partial charge in [0.25, 0.3) is 0 Å². The number of hydrogen-bond acceptors (Lipinski definition) is 3. The lowest BCUT2D eigenvalue weighted by atomic mass is 10.1. The quantitative estimate of drug-likeness (QED) is 0.845. The monoisotopic (exact) mass is 259 g/mol. The molecule has 0 bridgehead atoms. The molecule has 18 heavy (non-hydrogen) atoms. The number of halogens is 3. The highest BCUT2D eigenvalue weighted by atomic mass is 19.2. The van der Waals surface area contributed by atoms with Gasteiger partial charge in [-0.05, 0) is 26.0 Å². The zero-order valence-corrected chi connectivity index (χ0v) is 9.82. The summed E-state index contributed by atoms with van der Waals surface area (Å²) in [5, 5.41) is 18.1. The Labute approximate surface area is 102 Å². The van der Waals surface area contributed by atoms with Crippen molar-refractivity contribution in [1.82, 2.24) is 0 Å². The van der Waals surface area contributed by atoms with Gasteiger partial charge in [0.05, 0.1) is 18.3 Å². The van der Waals surface area contributed by atoms with Crippen LogP contribution in [0.5, 0.6) is 0 Å². The number of benzene rings is 1. The Hall–Kier alpha value is -1.58. The van der Waals surface area contributed by atoms with Crippen LogP contribution in [-0.2, 0) is 4.74 Å². The molecule has 0 aromatic heterocycles. The van der Waals surface area contributed by atoms with Crippen molar-refractivity contribution in [2.75, 3.05) is 0 Å². The fourth-order valence-corrected chi connectivity index (χ4v) is 1.24. The van der Waals surface area contributed by atoms with Crippen molar-refractivity contribution in [2.45, 2.75) is 32.2 Å². The van der Waals surface area contributed by atoms with Crippen LogP contribution in [0.25, 0.3) is 0 Å². The largest absolute Gasteiger partial charge is 0.391 e. The van der Waals surface area contributed by atoms with Gasteiger partial charge in [-0.15, -0.1) is 0 Å². The summed E-state index contributed by atoms with van der Waals surface area (Å²) >= 11 is 0. The SMILES string of the molecule is CC(O)C(C)OC(C#N)c1cc(F)c(F)c(F)c1. The second kappa shape index (κ2) is 5.85. The van der Waals surface area contributed by atoms with Gasteiger partial charge in [-0.25, -0.2) is 13.2 Å². The van der Waals surface area contributed by atoms with Crippen LogP contribution in [-0.4, -0.2) is 17.3 Å². The maximum Gasteiger partial charge on any atom is 0.194 e. The van der Waals surface area contributed by atoms with E-state index in [0.29, 0.717) is 12.1 Å². The van der Waals surface area contributed by atoms with E-state index in [1.165, 1.54) is 13.8 Å². The van der Waals surface area contributed by atoms with Crippen molar-refractivity contribution in [3.8, 4) is 6.07 Å². The second-order valence-corrected chi connectivity index (χ2v) is 3.89. The van der Waals surface area contributed by atoms with E-state index in [1.807, 2.05) is 0 Å². The first kappa shape index (κ1) is 14.5. The molecule has 1 aromatic rings. The molecule has 0 aliphatic rings. The molecule has 98 valence electrons. The van der Waals surface area contributed by atoms with Crippen molar-refractivity contribution in [1.29, 1.82) is 5.26 Å². The predicted molar refractivity (Wildman–Crippen MR) is 56.9 cm³/mol. The number of aliphatic hydroxyl groups is 1. The lowest BCUT2D eigenvalue weighted by Gasteiger charge is -2.19. The highest BCUT2D eigenvalue weighted by Gasteiger charge is 2.21. The van der Waals surface area contributed by atoms with E-state index in [0.717, 1.165) is 0 Å². The summed E-state index contributed by atoms with van der Waals surface area (Å²) < 4.78 is 43.9. The smallest absolute Gasteiger partial charge is 0.194 e. The van der Waals surface area contributed by atoms with Gasteiger partial charge in [0.2, 0.25) is 0 Å². The van der Waals surface area contributed by atoms with Gasteiger partial charge in [-0.1, -0.05) is 0 Å². The molecule has 0 heterocycles. The lowest BCUT2D eigenvalue weighted by Crippen LogP contribution is -2.24. The van der Waals surface area contributed by atoms with Crippen LogP contribution in [0.15, 0.2) is 12.1 Å². The minimum Gasteiger partial charge on any atom is -0.391 e. The van der Waals surface area contributed by atoms with Crippen LogP contribution in [0, 0.1) is 28.8 Å². The van der Waals surface area contributed by atoms with Crippen LogP contribution in [0.2, 0.25) is 0 Å². The molecule has 0 spiro atoms. The second-order valence-electron chi connectivity index (χ2n) is 3.89. The first-order valence-electron chi connectivity index (χ1n) is 5.24. The summed E-state index contributed by atoms with van der Waals surface area (Å²) in [7, 11) is 0. The number of nitrogens with zero attached hydrogens (tertiary/aromatic N) is 1. The minimum atomic E-state index is -1.60. The third-order valence-electron chi connectivity index (χ3n) is 2.46. The molecule has 1 rings (SSSR count). The average molecular weight is 259 g/mol. The standard InChI is InChI=1S/C12H12F3NO2/c1-6(17)7(2)18-11(5-16)8-3-9(13)12(15)10(14)4-8/h3-4,6-7,11,17H,1-2H3. The van der Waals surface area contributed by atoms with Crippen molar-refractivity contribution >= 4 is 0 Å². The molecule has 3 unspecified atom stereocenters. The molecule has 3 atom stereocenters. The van der Waals surface area contributed by atoms with Crippen LogP contribution >= 0.6 is 0 Å². The predicted octanol–water partition coefficient (Wildman–Crippen LogP) is 2.45. The maximum atomic E-state index is 13.0. The van der Waals surface area contributed by atoms with Gasteiger partial charge in [-0.2, -0.15) is 5.26 Å². The average Bonchev–Trinajstić information content (AvgIpc) is 2.31. The van der Waals surface area contributed by atoms with E-state index in [9.17, 15) is 18.3 Å². The highest BCUT2D eigenvalue weighted by molar-refractivity contribution is 5.25. The van der Waals surface area contributed by atoms with Gasteiger partial charge < -0.3 is 9.84 Å². The van der Waals surface area contributed by atoms with Gasteiger partial charge in [0, 0.05) is 5.56 Å². The summed E-state index contributed by atoms with van der Waals surface area (Å²) in [6.07, 6.45) is -2.83.